The molecule has 0 bridgehead atoms. The maximum absolute atomic E-state index is 13.3. The van der Waals surface area contributed by atoms with E-state index in [1.807, 2.05) is 19.9 Å². The quantitative estimate of drug-likeness (QED) is 0.853. The van der Waals surface area contributed by atoms with Crippen LogP contribution in [0.4, 0.5) is 4.39 Å². The smallest absolute Gasteiger partial charge is 0.127 e. The Morgan fingerprint density at radius 3 is 2.54 bits per heavy atom. The van der Waals surface area contributed by atoms with Crippen LogP contribution >= 0.6 is 15.9 Å². The van der Waals surface area contributed by atoms with Gasteiger partial charge in [-0.25, -0.2) is 4.39 Å². The first-order chi connectivity index (χ1) is 5.88. The van der Waals surface area contributed by atoms with E-state index in [0.29, 0.717) is 12.0 Å². The zero-order valence-corrected chi connectivity index (χ0v) is 9.36. The van der Waals surface area contributed by atoms with Gasteiger partial charge in [-0.3, -0.25) is 0 Å². The third kappa shape index (κ3) is 3.44. The van der Waals surface area contributed by atoms with Gasteiger partial charge in [0.15, 0.2) is 0 Å². The van der Waals surface area contributed by atoms with E-state index in [1.165, 1.54) is 6.07 Å². The fourth-order valence-corrected chi connectivity index (χ4v) is 1.49. The number of hydrogen-bond donors (Lipinski definition) is 1. The third-order valence-electron chi connectivity index (χ3n) is 1.66. The lowest BCUT2D eigenvalue weighted by Crippen LogP contribution is -2.34. The number of nitrogens with two attached hydrogens (primary N) is 1. The zero-order valence-electron chi connectivity index (χ0n) is 7.77. The Bertz CT molecular complexity index is 304. The SMILES string of the molecule is CC(C)(N)Cc1ccc(Br)cc1F. The molecule has 0 aliphatic rings. The molecule has 1 aromatic carbocycles. The van der Waals surface area contributed by atoms with Gasteiger partial charge in [-0.1, -0.05) is 22.0 Å². The highest BCUT2D eigenvalue weighted by Gasteiger charge is 2.14. The van der Waals surface area contributed by atoms with Crippen molar-refractivity contribution in [3.8, 4) is 0 Å². The summed E-state index contributed by atoms with van der Waals surface area (Å²) in [6, 6.07) is 5.04. The summed E-state index contributed by atoms with van der Waals surface area (Å²) < 4.78 is 14.0. The third-order valence-corrected chi connectivity index (χ3v) is 2.15. The van der Waals surface area contributed by atoms with Crippen molar-refractivity contribution in [3.05, 3.63) is 34.1 Å². The van der Waals surface area contributed by atoms with Crippen LogP contribution in [0.5, 0.6) is 0 Å². The summed E-state index contributed by atoms with van der Waals surface area (Å²) in [7, 11) is 0. The van der Waals surface area contributed by atoms with Gasteiger partial charge in [-0.15, -0.1) is 0 Å². The predicted octanol–water partition coefficient (Wildman–Crippen LogP) is 2.87. The molecule has 0 unspecified atom stereocenters. The van der Waals surface area contributed by atoms with E-state index < -0.39 is 0 Å². The minimum atomic E-state index is -0.366. The summed E-state index contributed by atoms with van der Waals surface area (Å²) in [5, 5.41) is 0. The molecule has 0 aliphatic heterocycles. The first kappa shape index (κ1) is 10.7. The summed E-state index contributed by atoms with van der Waals surface area (Å²) in [6.45, 7) is 3.77. The molecule has 1 rings (SSSR count). The van der Waals surface area contributed by atoms with Gasteiger partial charge in [0.05, 0.1) is 0 Å². The highest BCUT2D eigenvalue weighted by molar-refractivity contribution is 9.10. The van der Waals surface area contributed by atoms with E-state index in [0.717, 1.165) is 4.47 Å². The molecule has 0 amide bonds. The zero-order chi connectivity index (χ0) is 10.1. The van der Waals surface area contributed by atoms with Crippen LogP contribution in [0, 0.1) is 5.82 Å². The summed E-state index contributed by atoms with van der Waals surface area (Å²) in [5.41, 5.74) is 6.09. The molecular formula is C10H13BrFN. The highest BCUT2D eigenvalue weighted by atomic mass is 79.9. The lowest BCUT2D eigenvalue weighted by atomic mass is 9.96. The van der Waals surface area contributed by atoms with Crippen LogP contribution in [-0.4, -0.2) is 5.54 Å². The molecule has 0 aromatic heterocycles. The van der Waals surface area contributed by atoms with E-state index in [-0.39, 0.29) is 11.4 Å². The van der Waals surface area contributed by atoms with Gasteiger partial charge in [0.25, 0.3) is 0 Å². The first-order valence-corrected chi connectivity index (χ1v) is 4.90. The van der Waals surface area contributed by atoms with Gasteiger partial charge in [-0.05, 0) is 38.0 Å². The van der Waals surface area contributed by atoms with Crippen molar-refractivity contribution in [3.63, 3.8) is 0 Å². The van der Waals surface area contributed by atoms with Crippen molar-refractivity contribution in [2.75, 3.05) is 0 Å². The summed E-state index contributed by atoms with van der Waals surface area (Å²) in [4.78, 5) is 0. The Morgan fingerprint density at radius 2 is 2.08 bits per heavy atom. The van der Waals surface area contributed by atoms with Crippen LogP contribution in [0.2, 0.25) is 0 Å². The van der Waals surface area contributed by atoms with Gasteiger partial charge < -0.3 is 5.73 Å². The monoisotopic (exact) mass is 245 g/mol. The Kier molecular flexibility index (Phi) is 3.09. The van der Waals surface area contributed by atoms with Gasteiger partial charge in [0.2, 0.25) is 0 Å². The fraction of sp³-hybridized carbons (Fsp3) is 0.400. The molecule has 2 N–H and O–H groups in total. The molecule has 3 heteroatoms. The van der Waals surface area contributed by atoms with Crippen LogP contribution in [0.1, 0.15) is 19.4 Å². The Morgan fingerprint density at radius 1 is 1.46 bits per heavy atom. The van der Waals surface area contributed by atoms with Gasteiger partial charge in [0, 0.05) is 10.0 Å². The topological polar surface area (TPSA) is 26.0 Å². The van der Waals surface area contributed by atoms with Crippen molar-refractivity contribution < 1.29 is 4.39 Å². The predicted molar refractivity (Wildman–Crippen MR) is 56.1 cm³/mol. The van der Waals surface area contributed by atoms with Crippen molar-refractivity contribution in [2.45, 2.75) is 25.8 Å². The lowest BCUT2D eigenvalue weighted by molar-refractivity contribution is 0.497. The molecule has 0 saturated carbocycles. The Hall–Kier alpha value is -0.410. The average Bonchev–Trinajstić information content (AvgIpc) is 1.93. The summed E-state index contributed by atoms with van der Waals surface area (Å²) in [5.74, 6) is -0.201. The van der Waals surface area contributed by atoms with Gasteiger partial charge >= 0.3 is 0 Å². The number of benzene rings is 1. The van der Waals surface area contributed by atoms with Crippen molar-refractivity contribution in [1.29, 1.82) is 0 Å². The van der Waals surface area contributed by atoms with Crippen LogP contribution in [0.25, 0.3) is 0 Å². The fourth-order valence-electron chi connectivity index (χ4n) is 1.16. The molecule has 0 fully saturated rings. The Labute approximate surface area is 86.3 Å². The number of halogens is 2. The van der Waals surface area contributed by atoms with Crippen LogP contribution in [0.15, 0.2) is 22.7 Å². The highest BCUT2D eigenvalue weighted by Crippen LogP contribution is 2.18. The van der Waals surface area contributed by atoms with Crippen LogP contribution < -0.4 is 5.73 Å². The first-order valence-electron chi connectivity index (χ1n) is 4.11. The minimum Gasteiger partial charge on any atom is -0.325 e. The molecule has 13 heavy (non-hydrogen) atoms. The summed E-state index contributed by atoms with van der Waals surface area (Å²) >= 11 is 3.20. The van der Waals surface area contributed by atoms with E-state index >= 15 is 0 Å². The number of rotatable bonds is 2. The molecule has 0 radical (unpaired) electrons. The number of hydrogen-bond acceptors (Lipinski definition) is 1. The van der Waals surface area contributed by atoms with E-state index in [2.05, 4.69) is 15.9 Å². The van der Waals surface area contributed by atoms with Gasteiger partial charge in [0.1, 0.15) is 5.82 Å². The lowest BCUT2D eigenvalue weighted by Gasteiger charge is -2.18. The standard InChI is InChI=1S/C10H13BrFN/c1-10(2,13)6-7-3-4-8(11)5-9(7)12/h3-5H,6,13H2,1-2H3. The average molecular weight is 246 g/mol. The van der Waals surface area contributed by atoms with Gasteiger partial charge in [-0.2, -0.15) is 0 Å². The maximum atomic E-state index is 13.3. The largest absolute Gasteiger partial charge is 0.325 e. The van der Waals surface area contributed by atoms with Crippen molar-refractivity contribution >= 4 is 15.9 Å². The molecule has 0 saturated heterocycles. The van der Waals surface area contributed by atoms with Crippen molar-refractivity contribution in [1.82, 2.24) is 0 Å². The molecular weight excluding hydrogens is 233 g/mol. The molecule has 0 atom stereocenters. The van der Waals surface area contributed by atoms with Crippen LogP contribution in [0.3, 0.4) is 0 Å². The second kappa shape index (κ2) is 3.76. The molecule has 0 heterocycles. The minimum absolute atomic E-state index is 0.201. The maximum Gasteiger partial charge on any atom is 0.127 e. The van der Waals surface area contributed by atoms with E-state index in [4.69, 9.17) is 5.73 Å². The second-order valence-corrected chi connectivity index (χ2v) is 4.82. The normalized spacial score (nSPS) is 11.8. The molecule has 0 spiro atoms. The molecule has 72 valence electrons. The Balaban J connectivity index is 2.90. The second-order valence-electron chi connectivity index (χ2n) is 3.90. The molecule has 1 aromatic rings. The molecule has 0 aliphatic carbocycles. The summed E-state index contributed by atoms with van der Waals surface area (Å²) in [6.07, 6.45) is 0.548. The van der Waals surface area contributed by atoms with E-state index in [1.54, 1.807) is 6.07 Å². The van der Waals surface area contributed by atoms with E-state index in [9.17, 15) is 4.39 Å². The molecule has 1 nitrogen and oxygen atoms in total. The van der Waals surface area contributed by atoms with Crippen LogP contribution in [-0.2, 0) is 6.42 Å². The van der Waals surface area contributed by atoms with Crippen molar-refractivity contribution in [2.24, 2.45) is 5.73 Å².